The van der Waals surface area contributed by atoms with Gasteiger partial charge in [-0.2, -0.15) is 0 Å². The summed E-state index contributed by atoms with van der Waals surface area (Å²) < 4.78 is 11.4. The Hall–Kier alpha value is -1.20. The van der Waals surface area contributed by atoms with E-state index in [1.54, 1.807) is 6.08 Å². The summed E-state index contributed by atoms with van der Waals surface area (Å²) in [5.41, 5.74) is 0. The van der Waals surface area contributed by atoms with E-state index in [9.17, 15) is 0 Å². The van der Waals surface area contributed by atoms with E-state index in [0.717, 1.165) is 31.6 Å². The highest BCUT2D eigenvalue weighted by atomic mass is 16.7. The van der Waals surface area contributed by atoms with Crippen LogP contribution in [0.2, 0.25) is 0 Å². The van der Waals surface area contributed by atoms with E-state index < -0.39 is 5.79 Å². The summed E-state index contributed by atoms with van der Waals surface area (Å²) in [5, 5.41) is 0. The molecule has 1 fully saturated rings. The van der Waals surface area contributed by atoms with Crippen molar-refractivity contribution in [1.82, 2.24) is 0 Å². The largest absolute Gasteiger partial charge is 0.458 e. The van der Waals surface area contributed by atoms with Gasteiger partial charge in [-0.1, -0.05) is 5.92 Å². The first-order valence-electron chi connectivity index (χ1n) is 4.99. The average Bonchev–Trinajstić information content (AvgIpc) is 2.60. The Balaban J connectivity index is 2.06. The quantitative estimate of drug-likeness (QED) is 0.546. The van der Waals surface area contributed by atoms with Crippen LogP contribution in [0.15, 0.2) is 24.0 Å². The van der Waals surface area contributed by atoms with E-state index in [2.05, 4.69) is 11.8 Å². The van der Waals surface area contributed by atoms with Crippen LogP contribution in [0, 0.1) is 11.8 Å². The summed E-state index contributed by atoms with van der Waals surface area (Å²) >= 11 is 0. The molecule has 0 aromatic rings. The summed E-state index contributed by atoms with van der Waals surface area (Å²) in [6.07, 6.45) is 8.96. The van der Waals surface area contributed by atoms with Gasteiger partial charge in [0.2, 0.25) is 5.79 Å². The molecule has 2 nitrogen and oxygen atoms in total. The van der Waals surface area contributed by atoms with Crippen molar-refractivity contribution in [2.24, 2.45) is 0 Å². The zero-order valence-electron chi connectivity index (χ0n) is 8.38. The van der Waals surface area contributed by atoms with Crippen LogP contribution in [0.5, 0.6) is 0 Å². The molecule has 74 valence electrons. The fraction of sp³-hybridized carbons (Fsp3) is 0.500. The smallest absolute Gasteiger partial charge is 0.230 e. The summed E-state index contributed by atoms with van der Waals surface area (Å²) in [7, 11) is 0. The van der Waals surface area contributed by atoms with Gasteiger partial charge < -0.3 is 9.47 Å². The Bertz CT molecular complexity index is 322. The Labute approximate surface area is 84.6 Å². The second-order valence-electron chi connectivity index (χ2n) is 3.49. The van der Waals surface area contributed by atoms with Gasteiger partial charge in [0.1, 0.15) is 5.76 Å². The van der Waals surface area contributed by atoms with E-state index in [1.165, 1.54) is 0 Å². The minimum absolute atomic E-state index is 0.473. The zero-order chi connectivity index (χ0) is 9.86. The Morgan fingerprint density at radius 3 is 3.14 bits per heavy atom. The van der Waals surface area contributed by atoms with Crippen molar-refractivity contribution >= 4 is 0 Å². The molecule has 0 N–H and O–H groups in total. The van der Waals surface area contributed by atoms with Crippen molar-refractivity contribution < 1.29 is 9.47 Å². The molecule has 0 saturated carbocycles. The van der Waals surface area contributed by atoms with Crippen LogP contribution >= 0.6 is 0 Å². The number of ether oxygens (including phenoxy) is 2. The van der Waals surface area contributed by atoms with Gasteiger partial charge in [0.05, 0.1) is 6.61 Å². The van der Waals surface area contributed by atoms with Gasteiger partial charge in [-0.3, -0.25) is 0 Å². The maximum absolute atomic E-state index is 5.72. The molecule has 0 aromatic heterocycles. The minimum Gasteiger partial charge on any atom is -0.458 e. The van der Waals surface area contributed by atoms with Crippen LogP contribution in [0.3, 0.4) is 0 Å². The van der Waals surface area contributed by atoms with Crippen molar-refractivity contribution in [3.05, 3.63) is 24.0 Å². The predicted octanol–water partition coefficient (Wildman–Crippen LogP) is 2.38. The van der Waals surface area contributed by atoms with Crippen molar-refractivity contribution in [3.63, 3.8) is 0 Å². The minimum atomic E-state index is -0.473. The lowest BCUT2D eigenvalue weighted by Gasteiger charge is -2.31. The van der Waals surface area contributed by atoms with Crippen molar-refractivity contribution in [2.45, 2.75) is 32.0 Å². The van der Waals surface area contributed by atoms with Crippen LogP contribution in [0.25, 0.3) is 0 Å². The van der Waals surface area contributed by atoms with Crippen LogP contribution in [-0.4, -0.2) is 12.4 Å². The van der Waals surface area contributed by atoms with E-state index in [0.29, 0.717) is 0 Å². The second kappa shape index (κ2) is 3.89. The third-order valence-corrected chi connectivity index (χ3v) is 2.42. The predicted molar refractivity (Wildman–Crippen MR) is 54.3 cm³/mol. The van der Waals surface area contributed by atoms with Crippen LogP contribution in [0.4, 0.5) is 0 Å². The maximum atomic E-state index is 5.72. The molecule has 1 saturated heterocycles. The van der Waals surface area contributed by atoms with Gasteiger partial charge in [0, 0.05) is 12.5 Å². The lowest BCUT2D eigenvalue weighted by molar-refractivity contribution is -0.191. The molecule has 0 bridgehead atoms. The van der Waals surface area contributed by atoms with Gasteiger partial charge in [0.25, 0.3) is 0 Å². The third kappa shape index (κ3) is 1.83. The molecule has 2 heterocycles. The lowest BCUT2D eigenvalue weighted by Crippen LogP contribution is -2.34. The van der Waals surface area contributed by atoms with E-state index in [-0.39, 0.29) is 0 Å². The van der Waals surface area contributed by atoms with Gasteiger partial charge >= 0.3 is 0 Å². The molecule has 0 aromatic carbocycles. The second-order valence-corrected chi connectivity index (χ2v) is 3.49. The van der Waals surface area contributed by atoms with Crippen molar-refractivity contribution in [3.8, 4) is 11.8 Å². The Kier molecular flexibility index (Phi) is 2.60. The molecule has 2 aliphatic heterocycles. The summed E-state index contributed by atoms with van der Waals surface area (Å²) in [5.74, 6) is 6.01. The van der Waals surface area contributed by atoms with Gasteiger partial charge in [0.15, 0.2) is 0 Å². The third-order valence-electron chi connectivity index (χ3n) is 2.42. The summed E-state index contributed by atoms with van der Waals surface area (Å²) in [6, 6.07) is 0. The number of hydrogen-bond donors (Lipinski definition) is 0. The molecule has 1 unspecified atom stereocenters. The monoisotopic (exact) mass is 190 g/mol. The number of hydrogen-bond acceptors (Lipinski definition) is 2. The summed E-state index contributed by atoms with van der Waals surface area (Å²) in [4.78, 5) is 0. The maximum Gasteiger partial charge on any atom is 0.230 e. The SMILES string of the molecule is CC#C/C=C1\C=CC2(CCCCO2)O1. The van der Waals surface area contributed by atoms with E-state index in [1.807, 2.05) is 19.1 Å². The molecule has 1 spiro atoms. The van der Waals surface area contributed by atoms with Crippen molar-refractivity contribution in [1.29, 1.82) is 0 Å². The van der Waals surface area contributed by atoms with Gasteiger partial charge in [-0.05, 0) is 31.9 Å². The van der Waals surface area contributed by atoms with Gasteiger partial charge in [-0.15, -0.1) is 5.92 Å². The van der Waals surface area contributed by atoms with E-state index in [4.69, 9.17) is 9.47 Å². The lowest BCUT2D eigenvalue weighted by atomic mass is 10.1. The van der Waals surface area contributed by atoms with E-state index >= 15 is 0 Å². The molecule has 2 rings (SSSR count). The highest BCUT2D eigenvalue weighted by Crippen LogP contribution is 2.34. The normalized spacial score (nSPS) is 32.8. The molecule has 2 aliphatic rings. The topological polar surface area (TPSA) is 18.5 Å². The Morgan fingerprint density at radius 2 is 2.43 bits per heavy atom. The average molecular weight is 190 g/mol. The molecule has 0 amide bonds. The molecular weight excluding hydrogens is 176 g/mol. The summed E-state index contributed by atoms with van der Waals surface area (Å²) in [6.45, 7) is 2.60. The standard InChI is InChI=1S/C12H14O2/c1-2-3-6-11-7-9-12(14-11)8-4-5-10-13-12/h6-7,9H,4-5,8,10H2,1H3/b11-6+. The fourth-order valence-electron chi connectivity index (χ4n) is 1.70. The molecular formula is C12H14O2. The van der Waals surface area contributed by atoms with Crippen molar-refractivity contribution in [2.75, 3.05) is 6.61 Å². The molecule has 14 heavy (non-hydrogen) atoms. The molecule has 2 heteroatoms. The first-order valence-corrected chi connectivity index (χ1v) is 4.99. The number of rotatable bonds is 0. The molecule has 0 aliphatic carbocycles. The Morgan fingerprint density at radius 1 is 1.50 bits per heavy atom. The highest BCUT2D eigenvalue weighted by Gasteiger charge is 2.36. The van der Waals surface area contributed by atoms with Crippen LogP contribution in [-0.2, 0) is 9.47 Å². The first-order chi connectivity index (χ1) is 6.85. The zero-order valence-corrected chi connectivity index (χ0v) is 8.38. The van der Waals surface area contributed by atoms with Crippen LogP contribution in [0.1, 0.15) is 26.2 Å². The fourth-order valence-corrected chi connectivity index (χ4v) is 1.70. The molecule has 0 radical (unpaired) electrons. The van der Waals surface area contributed by atoms with Gasteiger partial charge in [-0.25, -0.2) is 0 Å². The number of allylic oxidation sites excluding steroid dienone is 2. The van der Waals surface area contributed by atoms with Crippen LogP contribution < -0.4 is 0 Å². The first kappa shape index (κ1) is 9.36. The highest BCUT2D eigenvalue weighted by molar-refractivity contribution is 5.29. The molecule has 1 atom stereocenters.